The Labute approximate surface area is 162 Å². The van der Waals surface area contributed by atoms with Crippen LogP contribution in [0, 0.1) is 12.7 Å². The van der Waals surface area contributed by atoms with Crippen LogP contribution in [0.5, 0.6) is 5.88 Å². The van der Waals surface area contributed by atoms with Crippen LogP contribution in [0.2, 0.25) is 0 Å². The second kappa shape index (κ2) is 7.80. The maximum Gasteiger partial charge on any atom is 0.274 e. The number of para-hydroxylation sites is 1. The van der Waals surface area contributed by atoms with Gasteiger partial charge in [-0.25, -0.2) is 14.1 Å². The first-order chi connectivity index (χ1) is 13.6. The number of aromatic nitrogens is 3. The van der Waals surface area contributed by atoms with Crippen LogP contribution in [0.1, 0.15) is 28.9 Å². The van der Waals surface area contributed by atoms with Gasteiger partial charge in [0, 0.05) is 43.9 Å². The van der Waals surface area contributed by atoms with E-state index in [1.807, 2.05) is 19.1 Å². The zero-order chi connectivity index (χ0) is 19.5. The third kappa shape index (κ3) is 3.74. The highest BCUT2D eigenvalue weighted by Crippen LogP contribution is 2.21. The molecule has 7 heteroatoms. The zero-order valence-electron chi connectivity index (χ0n) is 15.6. The average molecular weight is 380 g/mol. The van der Waals surface area contributed by atoms with E-state index in [0.717, 1.165) is 18.4 Å². The van der Waals surface area contributed by atoms with Crippen molar-refractivity contribution in [2.75, 3.05) is 13.1 Å². The topological polar surface area (TPSA) is 60.2 Å². The minimum atomic E-state index is -0.382. The number of aryl methyl sites for hydroxylation is 1. The lowest BCUT2D eigenvalue weighted by Crippen LogP contribution is -2.42. The van der Waals surface area contributed by atoms with Crippen LogP contribution in [0.15, 0.2) is 54.9 Å². The van der Waals surface area contributed by atoms with Gasteiger partial charge in [-0.1, -0.05) is 18.2 Å². The van der Waals surface area contributed by atoms with Crippen molar-refractivity contribution in [3.63, 3.8) is 0 Å². The second-order valence-electron chi connectivity index (χ2n) is 6.83. The molecular formula is C21H21FN4O2. The second-order valence-corrected chi connectivity index (χ2v) is 6.83. The molecule has 1 aliphatic heterocycles. The van der Waals surface area contributed by atoms with Crippen molar-refractivity contribution in [2.45, 2.75) is 25.9 Å². The van der Waals surface area contributed by atoms with Crippen LogP contribution in [0.3, 0.4) is 0 Å². The Kier molecular flexibility index (Phi) is 5.06. The minimum absolute atomic E-state index is 0.0358. The minimum Gasteiger partial charge on any atom is -0.474 e. The molecular weight excluding hydrogens is 359 g/mol. The van der Waals surface area contributed by atoms with Gasteiger partial charge in [-0.05, 0) is 31.2 Å². The van der Waals surface area contributed by atoms with E-state index in [2.05, 4.69) is 10.1 Å². The van der Waals surface area contributed by atoms with Crippen LogP contribution in [0.25, 0.3) is 5.69 Å². The molecule has 4 rings (SSSR count). The van der Waals surface area contributed by atoms with Gasteiger partial charge in [-0.2, -0.15) is 5.10 Å². The lowest BCUT2D eigenvalue weighted by atomic mass is 10.1. The molecule has 2 aromatic heterocycles. The number of benzene rings is 1. The van der Waals surface area contributed by atoms with Crippen molar-refractivity contribution in [3.05, 3.63) is 71.9 Å². The molecule has 144 valence electrons. The summed E-state index contributed by atoms with van der Waals surface area (Å²) in [6.45, 7) is 3.14. The van der Waals surface area contributed by atoms with Crippen molar-refractivity contribution in [1.29, 1.82) is 0 Å². The Morgan fingerprint density at radius 2 is 1.93 bits per heavy atom. The van der Waals surface area contributed by atoms with Crippen LogP contribution in [-0.2, 0) is 0 Å². The molecule has 1 aliphatic rings. The van der Waals surface area contributed by atoms with E-state index in [1.165, 1.54) is 10.7 Å². The first-order valence-electron chi connectivity index (χ1n) is 9.30. The first kappa shape index (κ1) is 18.2. The number of halogens is 1. The number of carbonyl (C=O) groups is 1. The molecule has 1 amide bonds. The Morgan fingerprint density at radius 3 is 2.68 bits per heavy atom. The van der Waals surface area contributed by atoms with Crippen LogP contribution < -0.4 is 4.74 Å². The summed E-state index contributed by atoms with van der Waals surface area (Å²) in [5, 5.41) is 4.26. The molecule has 28 heavy (non-hydrogen) atoms. The first-order valence-corrected chi connectivity index (χ1v) is 9.30. The molecule has 1 saturated heterocycles. The van der Waals surface area contributed by atoms with Crippen molar-refractivity contribution < 1.29 is 13.9 Å². The van der Waals surface area contributed by atoms with E-state index in [4.69, 9.17) is 4.74 Å². The summed E-state index contributed by atoms with van der Waals surface area (Å²) < 4.78 is 21.3. The summed E-state index contributed by atoms with van der Waals surface area (Å²) >= 11 is 0. The Balaban J connectivity index is 1.38. The molecule has 0 radical (unpaired) electrons. The number of rotatable bonds is 4. The normalized spacial score (nSPS) is 14.9. The van der Waals surface area contributed by atoms with Crippen molar-refractivity contribution >= 4 is 5.91 Å². The number of amides is 1. The molecule has 1 aromatic carbocycles. The third-order valence-electron chi connectivity index (χ3n) is 4.88. The smallest absolute Gasteiger partial charge is 0.274 e. The van der Waals surface area contributed by atoms with E-state index in [0.29, 0.717) is 30.4 Å². The van der Waals surface area contributed by atoms with Gasteiger partial charge in [0.2, 0.25) is 5.88 Å². The van der Waals surface area contributed by atoms with Crippen LogP contribution in [-0.4, -0.2) is 44.8 Å². The monoisotopic (exact) mass is 380 g/mol. The van der Waals surface area contributed by atoms with Crippen LogP contribution in [0.4, 0.5) is 4.39 Å². The van der Waals surface area contributed by atoms with Gasteiger partial charge in [0.05, 0.1) is 0 Å². The zero-order valence-corrected chi connectivity index (χ0v) is 15.6. The Bertz CT molecular complexity index is 980. The molecule has 6 nitrogen and oxygen atoms in total. The fraction of sp³-hybridized carbons (Fsp3) is 0.286. The molecule has 0 N–H and O–H groups in total. The maximum atomic E-state index is 13.9. The van der Waals surface area contributed by atoms with Gasteiger partial charge in [-0.3, -0.25) is 4.79 Å². The lowest BCUT2D eigenvalue weighted by molar-refractivity contribution is 0.0580. The molecule has 3 heterocycles. The highest BCUT2D eigenvalue weighted by molar-refractivity contribution is 5.92. The predicted octanol–water partition coefficient (Wildman–Crippen LogP) is 3.40. The van der Waals surface area contributed by atoms with Gasteiger partial charge in [0.1, 0.15) is 17.6 Å². The molecule has 3 aromatic rings. The predicted molar refractivity (Wildman–Crippen MR) is 102 cm³/mol. The van der Waals surface area contributed by atoms with E-state index in [9.17, 15) is 9.18 Å². The van der Waals surface area contributed by atoms with Crippen molar-refractivity contribution in [2.24, 2.45) is 0 Å². The summed E-state index contributed by atoms with van der Waals surface area (Å²) in [5.41, 5.74) is 1.63. The summed E-state index contributed by atoms with van der Waals surface area (Å²) in [4.78, 5) is 18.8. The van der Waals surface area contributed by atoms with Gasteiger partial charge in [-0.15, -0.1) is 0 Å². The van der Waals surface area contributed by atoms with E-state index < -0.39 is 0 Å². The number of nitrogens with zero attached hydrogens (tertiary/aromatic N) is 4. The van der Waals surface area contributed by atoms with Gasteiger partial charge >= 0.3 is 0 Å². The standard InChI is InChI=1S/C21H21FN4O2/c1-15-5-4-11-23-20(15)28-16-8-12-25(13-9-16)21(27)18-10-14-26(24-18)19-7-3-2-6-17(19)22/h2-7,10-11,14,16H,8-9,12-13H2,1H3. The van der Waals surface area contributed by atoms with E-state index in [1.54, 1.807) is 41.6 Å². The third-order valence-corrected chi connectivity index (χ3v) is 4.88. The summed E-state index contributed by atoms with van der Waals surface area (Å²) in [6.07, 6.45) is 4.82. The summed E-state index contributed by atoms with van der Waals surface area (Å²) in [5.74, 6) is 0.117. The Morgan fingerprint density at radius 1 is 1.14 bits per heavy atom. The maximum absolute atomic E-state index is 13.9. The fourth-order valence-corrected chi connectivity index (χ4v) is 3.30. The molecule has 0 aliphatic carbocycles. The van der Waals surface area contributed by atoms with Gasteiger partial charge in [0.15, 0.2) is 5.69 Å². The van der Waals surface area contributed by atoms with Gasteiger partial charge < -0.3 is 9.64 Å². The number of likely N-dealkylation sites (tertiary alicyclic amines) is 1. The average Bonchev–Trinajstić information content (AvgIpc) is 3.20. The lowest BCUT2D eigenvalue weighted by Gasteiger charge is -2.31. The number of hydrogen-bond donors (Lipinski definition) is 0. The molecule has 0 unspecified atom stereocenters. The highest BCUT2D eigenvalue weighted by atomic mass is 19.1. The molecule has 0 atom stereocenters. The van der Waals surface area contributed by atoms with Crippen molar-refractivity contribution in [3.8, 4) is 11.6 Å². The summed E-state index contributed by atoms with van der Waals surface area (Å²) in [6, 6.07) is 11.8. The van der Waals surface area contributed by atoms with Crippen LogP contribution >= 0.6 is 0 Å². The highest BCUT2D eigenvalue weighted by Gasteiger charge is 2.26. The number of carbonyl (C=O) groups excluding carboxylic acids is 1. The fourth-order valence-electron chi connectivity index (χ4n) is 3.30. The number of piperidine rings is 1. The molecule has 1 fully saturated rings. The SMILES string of the molecule is Cc1cccnc1OC1CCN(C(=O)c2ccn(-c3ccccc3F)n2)CC1. The quantitative estimate of drug-likeness (QED) is 0.696. The molecule has 0 saturated carbocycles. The van der Waals surface area contributed by atoms with E-state index in [-0.39, 0.29) is 17.8 Å². The van der Waals surface area contributed by atoms with E-state index >= 15 is 0 Å². The summed E-state index contributed by atoms with van der Waals surface area (Å²) in [7, 11) is 0. The molecule has 0 bridgehead atoms. The molecule has 0 spiro atoms. The number of hydrogen-bond acceptors (Lipinski definition) is 4. The number of pyridine rings is 1. The van der Waals surface area contributed by atoms with Gasteiger partial charge in [0.25, 0.3) is 5.91 Å². The Hall–Kier alpha value is -3.22. The largest absolute Gasteiger partial charge is 0.474 e. The number of ether oxygens (including phenoxy) is 1. The van der Waals surface area contributed by atoms with Crippen molar-refractivity contribution in [1.82, 2.24) is 19.7 Å².